The number of aryl methyl sites for hydroxylation is 1. The van der Waals surface area contributed by atoms with Crippen LogP contribution in [0.15, 0.2) is 78.9 Å². The maximum atomic E-state index is 15.0. The van der Waals surface area contributed by atoms with Crippen LogP contribution in [0.4, 0.5) is 26.3 Å². The van der Waals surface area contributed by atoms with Gasteiger partial charge in [-0.2, -0.15) is 8.78 Å². The summed E-state index contributed by atoms with van der Waals surface area (Å²) in [4.78, 5) is 0. The predicted octanol–water partition coefficient (Wildman–Crippen LogP) is 9.48. The summed E-state index contributed by atoms with van der Waals surface area (Å²) in [5.74, 6) is -3.07. The topological polar surface area (TPSA) is 0 Å². The molecule has 0 heterocycles. The molecule has 0 saturated heterocycles. The highest BCUT2D eigenvalue weighted by Gasteiger charge is 2.16. The standard InChI is InChI=1S/C29H20F6/c1-2-3-4-5-17-12-25(31)28(26(32)13-17)20-9-10-22(24(30)15-20)18-8-11-23-19(14-18)6-7-21(29(23)35)16-27(33)34/h2-3,6-16H,4-5H2,1H3/b3-2+. The van der Waals surface area contributed by atoms with E-state index in [0.29, 0.717) is 35.4 Å². The Balaban J connectivity index is 1.69. The van der Waals surface area contributed by atoms with Gasteiger partial charge in [0.05, 0.1) is 5.56 Å². The first-order valence-electron chi connectivity index (χ1n) is 10.9. The van der Waals surface area contributed by atoms with Gasteiger partial charge in [-0.25, -0.2) is 17.6 Å². The van der Waals surface area contributed by atoms with E-state index in [-0.39, 0.29) is 27.6 Å². The minimum Gasteiger partial charge on any atom is -0.206 e. The van der Waals surface area contributed by atoms with Crippen molar-refractivity contribution in [2.45, 2.75) is 19.8 Å². The van der Waals surface area contributed by atoms with E-state index < -0.39 is 29.3 Å². The molecule has 0 N–H and O–H groups in total. The summed E-state index contributed by atoms with van der Waals surface area (Å²) in [6.45, 7) is 1.86. The molecule has 0 aromatic heterocycles. The fourth-order valence-electron chi connectivity index (χ4n) is 4.07. The zero-order valence-corrected chi connectivity index (χ0v) is 18.7. The van der Waals surface area contributed by atoms with Crippen LogP contribution < -0.4 is 0 Å². The Morgan fingerprint density at radius 2 is 1.49 bits per heavy atom. The Bertz CT molecular complexity index is 1440. The van der Waals surface area contributed by atoms with Crippen LogP contribution in [0.5, 0.6) is 0 Å². The van der Waals surface area contributed by atoms with Gasteiger partial charge in [0.15, 0.2) is 0 Å². The third kappa shape index (κ3) is 5.16. The molecule has 0 unspecified atom stereocenters. The van der Waals surface area contributed by atoms with Crippen molar-refractivity contribution in [3.8, 4) is 22.3 Å². The van der Waals surface area contributed by atoms with Crippen LogP contribution in [0.2, 0.25) is 0 Å². The summed E-state index contributed by atoms with van der Waals surface area (Å²) < 4.78 is 84.1. The monoisotopic (exact) mass is 482 g/mol. The van der Waals surface area contributed by atoms with Crippen LogP contribution in [-0.2, 0) is 6.42 Å². The van der Waals surface area contributed by atoms with E-state index in [1.54, 1.807) is 0 Å². The van der Waals surface area contributed by atoms with Crippen molar-refractivity contribution in [2.24, 2.45) is 0 Å². The van der Waals surface area contributed by atoms with Gasteiger partial charge < -0.3 is 0 Å². The molecule has 4 aromatic rings. The highest BCUT2D eigenvalue weighted by molar-refractivity contribution is 5.90. The quantitative estimate of drug-likeness (QED) is 0.190. The molecule has 0 atom stereocenters. The second kappa shape index (κ2) is 10.2. The first kappa shape index (κ1) is 24.3. The molecule has 0 aliphatic heterocycles. The van der Waals surface area contributed by atoms with Crippen molar-refractivity contribution in [1.29, 1.82) is 0 Å². The molecule has 0 spiro atoms. The Morgan fingerprint density at radius 1 is 0.771 bits per heavy atom. The first-order chi connectivity index (χ1) is 16.8. The van der Waals surface area contributed by atoms with Crippen molar-refractivity contribution in [2.75, 3.05) is 0 Å². The van der Waals surface area contributed by atoms with Crippen LogP contribution in [0.25, 0.3) is 39.1 Å². The smallest absolute Gasteiger partial charge is 0.206 e. The lowest BCUT2D eigenvalue weighted by atomic mass is 9.95. The van der Waals surface area contributed by atoms with E-state index in [4.69, 9.17) is 0 Å². The number of allylic oxidation sites excluding steroid dienone is 2. The van der Waals surface area contributed by atoms with Crippen molar-refractivity contribution in [3.63, 3.8) is 0 Å². The van der Waals surface area contributed by atoms with Crippen molar-refractivity contribution in [3.05, 3.63) is 113 Å². The third-order valence-corrected chi connectivity index (χ3v) is 5.75. The Kier molecular flexibility index (Phi) is 7.10. The van der Waals surface area contributed by atoms with E-state index in [2.05, 4.69) is 0 Å². The molecule has 178 valence electrons. The van der Waals surface area contributed by atoms with E-state index in [1.807, 2.05) is 19.1 Å². The SMILES string of the molecule is C/C=C/CCc1cc(F)c(-c2ccc(-c3ccc4c(F)c(C=C(F)F)ccc4c3)c(F)c2)c(F)c1. The molecule has 0 bridgehead atoms. The molecule has 6 heteroatoms. The van der Waals surface area contributed by atoms with E-state index in [1.165, 1.54) is 54.6 Å². The van der Waals surface area contributed by atoms with E-state index in [9.17, 15) is 22.0 Å². The fourth-order valence-corrected chi connectivity index (χ4v) is 4.07. The van der Waals surface area contributed by atoms with Gasteiger partial charge in [-0.3, -0.25) is 0 Å². The number of rotatable bonds is 6. The maximum absolute atomic E-state index is 15.0. The summed E-state index contributed by atoms with van der Waals surface area (Å²) in [6, 6.07) is 13.4. The number of hydrogen-bond donors (Lipinski definition) is 0. The minimum absolute atomic E-state index is 0.0535. The molecule has 4 rings (SSSR count). The van der Waals surface area contributed by atoms with Gasteiger partial charge in [-0.1, -0.05) is 48.6 Å². The van der Waals surface area contributed by atoms with Gasteiger partial charge >= 0.3 is 0 Å². The lowest BCUT2D eigenvalue weighted by Gasteiger charge is -2.11. The fraction of sp³-hybridized carbons (Fsp3) is 0.103. The highest BCUT2D eigenvalue weighted by Crippen LogP contribution is 2.34. The normalized spacial score (nSPS) is 11.4. The van der Waals surface area contributed by atoms with Crippen molar-refractivity contribution < 1.29 is 26.3 Å². The number of hydrogen-bond acceptors (Lipinski definition) is 0. The molecule has 35 heavy (non-hydrogen) atoms. The van der Waals surface area contributed by atoms with Crippen LogP contribution in [0, 0.1) is 23.3 Å². The molecule has 0 saturated carbocycles. The molecule has 4 aromatic carbocycles. The summed E-state index contributed by atoms with van der Waals surface area (Å²) in [5, 5.41) is 0.505. The summed E-state index contributed by atoms with van der Waals surface area (Å²) >= 11 is 0. The van der Waals surface area contributed by atoms with E-state index >= 15 is 4.39 Å². The second-order valence-corrected chi connectivity index (χ2v) is 8.08. The van der Waals surface area contributed by atoms with Crippen LogP contribution >= 0.6 is 0 Å². The third-order valence-electron chi connectivity index (χ3n) is 5.75. The molecule has 0 aliphatic rings. The zero-order valence-electron chi connectivity index (χ0n) is 18.7. The van der Waals surface area contributed by atoms with Gasteiger partial charge in [0, 0.05) is 22.6 Å². The summed E-state index contributed by atoms with van der Waals surface area (Å²) in [7, 11) is 0. The van der Waals surface area contributed by atoms with Gasteiger partial charge in [-0.15, -0.1) is 0 Å². The molecule has 0 amide bonds. The first-order valence-corrected chi connectivity index (χ1v) is 10.9. The van der Waals surface area contributed by atoms with Crippen molar-refractivity contribution >= 4 is 16.8 Å². The Morgan fingerprint density at radius 3 is 2.14 bits per heavy atom. The highest BCUT2D eigenvalue weighted by atomic mass is 19.3. The average Bonchev–Trinajstić information content (AvgIpc) is 2.80. The average molecular weight is 482 g/mol. The van der Waals surface area contributed by atoms with Crippen LogP contribution in [0.3, 0.4) is 0 Å². The molecule has 0 nitrogen and oxygen atoms in total. The Hall–Kier alpha value is -3.80. The minimum atomic E-state index is -2.02. The van der Waals surface area contributed by atoms with Crippen molar-refractivity contribution in [1.82, 2.24) is 0 Å². The predicted molar refractivity (Wildman–Crippen MR) is 128 cm³/mol. The zero-order chi connectivity index (χ0) is 25.1. The lowest BCUT2D eigenvalue weighted by molar-refractivity contribution is 0.429. The number of halogens is 6. The molecule has 0 fully saturated rings. The lowest BCUT2D eigenvalue weighted by Crippen LogP contribution is -1.96. The number of benzene rings is 4. The van der Waals surface area contributed by atoms with Crippen LogP contribution in [-0.4, -0.2) is 0 Å². The number of fused-ring (bicyclic) bond motifs is 1. The molecular formula is C29H20F6. The molecular weight excluding hydrogens is 462 g/mol. The molecule has 0 aliphatic carbocycles. The second-order valence-electron chi connectivity index (χ2n) is 8.08. The van der Waals surface area contributed by atoms with Gasteiger partial charge in [0.2, 0.25) is 0 Å². The summed E-state index contributed by atoms with van der Waals surface area (Å²) in [5.41, 5.74) is 0.553. The van der Waals surface area contributed by atoms with E-state index in [0.717, 1.165) is 6.07 Å². The molecule has 0 radical (unpaired) electrons. The maximum Gasteiger partial charge on any atom is 0.271 e. The largest absolute Gasteiger partial charge is 0.271 e. The van der Waals surface area contributed by atoms with Gasteiger partial charge in [-0.05, 0) is 66.1 Å². The van der Waals surface area contributed by atoms with Crippen LogP contribution in [0.1, 0.15) is 24.5 Å². The Labute approximate surface area is 198 Å². The summed E-state index contributed by atoms with van der Waals surface area (Å²) in [6.07, 6.45) is 3.32. The van der Waals surface area contributed by atoms with Gasteiger partial charge in [0.25, 0.3) is 6.08 Å². The van der Waals surface area contributed by atoms with Gasteiger partial charge in [0.1, 0.15) is 23.3 Å².